The van der Waals surface area contributed by atoms with Crippen LogP contribution >= 0.6 is 0 Å². The lowest BCUT2D eigenvalue weighted by molar-refractivity contribution is 0.337. The zero-order valence-corrected chi connectivity index (χ0v) is 9.57. The van der Waals surface area contributed by atoms with E-state index in [1.165, 1.54) is 0 Å². The third kappa shape index (κ3) is 2.15. The van der Waals surface area contributed by atoms with Gasteiger partial charge in [-0.15, -0.1) is 0 Å². The van der Waals surface area contributed by atoms with Crippen LogP contribution in [-0.4, -0.2) is 9.78 Å². The maximum Gasteiger partial charge on any atom is 0.0554 e. The Kier molecular flexibility index (Phi) is 3.69. The van der Waals surface area contributed by atoms with Crippen LogP contribution in [0.4, 0.5) is 0 Å². The second kappa shape index (κ2) is 4.60. The van der Waals surface area contributed by atoms with Crippen LogP contribution in [0.5, 0.6) is 0 Å². The highest BCUT2D eigenvalue weighted by Crippen LogP contribution is 2.24. The normalized spacial score (nSPS) is 15.9. The summed E-state index contributed by atoms with van der Waals surface area (Å²) >= 11 is 0. The van der Waals surface area contributed by atoms with Crippen LogP contribution in [0.3, 0.4) is 0 Å². The van der Waals surface area contributed by atoms with E-state index in [4.69, 9.17) is 5.73 Å². The van der Waals surface area contributed by atoms with Crippen LogP contribution < -0.4 is 5.73 Å². The van der Waals surface area contributed by atoms with Crippen molar-refractivity contribution in [3.8, 4) is 0 Å². The van der Waals surface area contributed by atoms with Crippen molar-refractivity contribution in [3.63, 3.8) is 0 Å². The van der Waals surface area contributed by atoms with Crippen LogP contribution in [0.15, 0.2) is 12.3 Å². The number of rotatable bonds is 4. The van der Waals surface area contributed by atoms with E-state index in [0.29, 0.717) is 11.8 Å². The fraction of sp³-hybridized carbons (Fsp3) is 0.727. The van der Waals surface area contributed by atoms with Crippen molar-refractivity contribution in [3.05, 3.63) is 18.0 Å². The minimum Gasteiger partial charge on any atom is -0.322 e. The van der Waals surface area contributed by atoms with Gasteiger partial charge in [-0.2, -0.15) is 5.10 Å². The molecule has 1 aromatic rings. The van der Waals surface area contributed by atoms with Gasteiger partial charge >= 0.3 is 0 Å². The quantitative estimate of drug-likeness (QED) is 0.800. The molecule has 1 heterocycles. The van der Waals surface area contributed by atoms with Gasteiger partial charge in [0.15, 0.2) is 0 Å². The summed E-state index contributed by atoms with van der Waals surface area (Å²) in [4.78, 5) is 0. The molecule has 14 heavy (non-hydrogen) atoms. The molecule has 0 saturated heterocycles. The van der Waals surface area contributed by atoms with Crippen molar-refractivity contribution in [2.45, 2.75) is 40.3 Å². The minimum atomic E-state index is 0.0949. The molecular weight excluding hydrogens is 174 g/mol. The van der Waals surface area contributed by atoms with Gasteiger partial charge in [-0.3, -0.25) is 4.68 Å². The first-order chi connectivity index (χ1) is 6.57. The molecule has 80 valence electrons. The summed E-state index contributed by atoms with van der Waals surface area (Å²) in [6, 6.07) is 2.12. The number of aromatic nitrogens is 2. The highest BCUT2D eigenvalue weighted by atomic mass is 15.3. The predicted molar refractivity (Wildman–Crippen MR) is 58.8 cm³/mol. The Labute approximate surface area is 86.3 Å². The van der Waals surface area contributed by atoms with Crippen molar-refractivity contribution in [2.75, 3.05) is 0 Å². The second-order valence-corrected chi connectivity index (χ2v) is 4.20. The third-order valence-electron chi connectivity index (χ3n) is 3.01. The van der Waals surface area contributed by atoms with Gasteiger partial charge in [-0.25, -0.2) is 0 Å². The van der Waals surface area contributed by atoms with Crippen molar-refractivity contribution in [1.29, 1.82) is 0 Å². The van der Waals surface area contributed by atoms with E-state index in [2.05, 4.69) is 32.8 Å². The summed E-state index contributed by atoms with van der Waals surface area (Å²) in [5.74, 6) is 1.09. The standard InChI is InChI=1S/C11H21N3/c1-5-14-10(6-7-13-14)11(12)9(4)8(2)3/h6-9,11H,5,12H2,1-4H3. The first-order valence-electron chi connectivity index (χ1n) is 5.35. The lowest BCUT2D eigenvalue weighted by Crippen LogP contribution is -2.25. The van der Waals surface area contributed by atoms with E-state index in [-0.39, 0.29) is 6.04 Å². The molecule has 1 aromatic heterocycles. The van der Waals surface area contributed by atoms with Gasteiger partial charge in [0.05, 0.1) is 5.69 Å². The molecule has 0 fully saturated rings. The average molecular weight is 195 g/mol. The van der Waals surface area contributed by atoms with Crippen LogP contribution in [0, 0.1) is 11.8 Å². The van der Waals surface area contributed by atoms with E-state index in [0.717, 1.165) is 12.2 Å². The maximum absolute atomic E-state index is 6.20. The molecule has 0 aliphatic heterocycles. The highest BCUT2D eigenvalue weighted by Gasteiger charge is 2.20. The van der Waals surface area contributed by atoms with E-state index >= 15 is 0 Å². The molecule has 0 amide bonds. The summed E-state index contributed by atoms with van der Waals surface area (Å²) in [6.07, 6.45) is 1.83. The Bertz CT molecular complexity index is 278. The summed E-state index contributed by atoms with van der Waals surface area (Å²) < 4.78 is 1.98. The number of aryl methyl sites for hydroxylation is 1. The summed E-state index contributed by atoms with van der Waals surface area (Å²) in [5.41, 5.74) is 7.35. The monoisotopic (exact) mass is 195 g/mol. The van der Waals surface area contributed by atoms with Crippen LogP contribution in [0.1, 0.15) is 39.4 Å². The summed E-state index contributed by atoms with van der Waals surface area (Å²) in [6.45, 7) is 9.58. The maximum atomic E-state index is 6.20. The molecule has 0 radical (unpaired) electrons. The molecule has 0 spiro atoms. The fourth-order valence-corrected chi connectivity index (χ4v) is 1.57. The average Bonchev–Trinajstić information content (AvgIpc) is 2.62. The van der Waals surface area contributed by atoms with Gasteiger partial charge in [-0.05, 0) is 24.8 Å². The van der Waals surface area contributed by atoms with Crippen molar-refractivity contribution in [2.24, 2.45) is 17.6 Å². The topological polar surface area (TPSA) is 43.8 Å². The van der Waals surface area contributed by atoms with Crippen molar-refractivity contribution >= 4 is 0 Å². The fourth-order valence-electron chi connectivity index (χ4n) is 1.57. The molecule has 2 atom stereocenters. The number of nitrogens with zero attached hydrogens (tertiary/aromatic N) is 2. The summed E-state index contributed by atoms with van der Waals surface area (Å²) in [7, 11) is 0. The lowest BCUT2D eigenvalue weighted by atomic mass is 9.89. The molecule has 0 aromatic carbocycles. The van der Waals surface area contributed by atoms with Crippen LogP contribution in [0.2, 0.25) is 0 Å². The first kappa shape index (κ1) is 11.2. The van der Waals surface area contributed by atoms with Gasteiger partial charge in [0.25, 0.3) is 0 Å². The SMILES string of the molecule is CCn1nccc1C(N)C(C)C(C)C. The number of nitrogens with two attached hydrogens (primary N) is 1. The van der Waals surface area contributed by atoms with Gasteiger partial charge in [0.2, 0.25) is 0 Å². The first-order valence-corrected chi connectivity index (χ1v) is 5.35. The molecule has 2 N–H and O–H groups in total. The van der Waals surface area contributed by atoms with Gasteiger partial charge in [0.1, 0.15) is 0 Å². The van der Waals surface area contributed by atoms with E-state index in [9.17, 15) is 0 Å². The third-order valence-corrected chi connectivity index (χ3v) is 3.01. The predicted octanol–water partition coefficient (Wildman–Crippen LogP) is 2.19. The van der Waals surface area contributed by atoms with Gasteiger partial charge < -0.3 is 5.73 Å². The molecule has 0 aliphatic carbocycles. The van der Waals surface area contributed by atoms with Crippen molar-refractivity contribution in [1.82, 2.24) is 9.78 Å². The smallest absolute Gasteiger partial charge is 0.0554 e. The zero-order chi connectivity index (χ0) is 10.7. The van der Waals surface area contributed by atoms with Gasteiger partial charge in [0, 0.05) is 18.8 Å². The minimum absolute atomic E-state index is 0.0949. The Morgan fingerprint density at radius 1 is 1.43 bits per heavy atom. The van der Waals surface area contributed by atoms with Crippen molar-refractivity contribution < 1.29 is 0 Å². The molecule has 1 rings (SSSR count). The van der Waals surface area contributed by atoms with Crippen LogP contribution in [0.25, 0.3) is 0 Å². The molecule has 2 unspecified atom stereocenters. The Balaban J connectivity index is 2.83. The Morgan fingerprint density at radius 3 is 2.57 bits per heavy atom. The molecule has 3 nitrogen and oxygen atoms in total. The van der Waals surface area contributed by atoms with Crippen LogP contribution in [-0.2, 0) is 6.54 Å². The zero-order valence-electron chi connectivity index (χ0n) is 9.57. The largest absolute Gasteiger partial charge is 0.322 e. The molecule has 3 heteroatoms. The molecule has 0 saturated carbocycles. The second-order valence-electron chi connectivity index (χ2n) is 4.20. The lowest BCUT2D eigenvalue weighted by Gasteiger charge is -2.23. The number of hydrogen-bond donors (Lipinski definition) is 1. The summed E-state index contributed by atoms with van der Waals surface area (Å²) in [5, 5.41) is 4.23. The Hall–Kier alpha value is -0.830. The molecule has 0 bridgehead atoms. The van der Waals surface area contributed by atoms with E-state index in [1.54, 1.807) is 0 Å². The van der Waals surface area contributed by atoms with Gasteiger partial charge in [-0.1, -0.05) is 20.8 Å². The number of hydrogen-bond acceptors (Lipinski definition) is 2. The Morgan fingerprint density at radius 2 is 2.07 bits per heavy atom. The van der Waals surface area contributed by atoms with E-state index < -0.39 is 0 Å². The molecule has 0 aliphatic rings. The molecular formula is C11H21N3. The highest BCUT2D eigenvalue weighted by molar-refractivity contribution is 5.07. The van der Waals surface area contributed by atoms with E-state index in [1.807, 2.05) is 16.9 Å².